The van der Waals surface area contributed by atoms with Crippen molar-refractivity contribution < 1.29 is 14.3 Å². The van der Waals surface area contributed by atoms with Crippen molar-refractivity contribution in [2.75, 3.05) is 12.3 Å². The van der Waals surface area contributed by atoms with E-state index >= 15 is 0 Å². The van der Waals surface area contributed by atoms with Crippen molar-refractivity contribution in [2.45, 2.75) is 6.92 Å². The van der Waals surface area contributed by atoms with Crippen LogP contribution in [0.15, 0.2) is 64.2 Å². The Morgan fingerprint density at radius 1 is 1.00 bits per heavy atom. The summed E-state index contributed by atoms with van der Waals surface area (Å²) in [4.78, 5) is 54.8. The molecule has 0 fully saturated rings. The number of rotatable bonds is 5. The molecule has 4 aromatic rings. The van der Waals surface area contributed by atoms with Crippen LogP contribution in [0.3, 0.4) is 0 Å². The molecule has 0 bridgehead atoms. The van der Waals surface area contributed by atoms with E-state index in [0.29, 0.717) is 16.6 Å². The molecular formula is C25H22N4O5. The fourth-order valence-electron chi connectivity index (χ4n) is 3.62. The number of fused-ring (bicyclic) bond motifs is 1. The molecule has 0 radical (unpaired) electrons. The Bertz CT molecular complexity index is 1570. The van der Waals surface area contributed by atoms with Gasteiger partial charge in [-0.15, -0.1) is 0 Å². The maximum absolute atomic E-state index is 13.0. The molecule has 0 aliphatic heterocycles. The SMILES string of the molecule is Cc1ccc(-c2cc(C(=O)OCC(=O)c3c(N)n(C)c(=O)n(C)c3=O)c3ccccc3n2)cc1. The van der Waals surface area contributed by atoms with Crippen LogP contribution >= 0.6 is 0 Å². The van der Waals surface area contributed by atoms with E-state index in [-0.39, 0.29) is 11.4 Å². The van der Waals surface area contributed by atoms with E-state index in [2.05, 4.69) is 4.98 Å². The number of hydrogen-bond donors (Lipinski definition) is 1. The minimum Gasteiger partial charge on any atom is -0.454 e. The Morgan fingerprint density at radius 3 is 2.38 bits per heavy atom. The van der Waals surface area contributed by atoms with Crippen LogP contribution in [-0.4, -0.2) is 32.5 Å². The summed E-state index contributed by atoms with van der Waals surface area (Å²) < 4.78 is 7.04. The van der Waals surface area contributed by atoms with Gasteiger partial charge in [0.05, 0.1) is 16.8 Å². The Hall–Kier alpha value is -4.53. The van der Waals surface area contributed by atoms with Crippen molar-refractivity contribution in [2.24, 2.45) is 14.1 Å². The van der Waals surface area contributed by atoms with Crippen molar-refractivity contribution >= 4 is 28.5 Å². The first kappa shape index (κ1) is 22.7. The van der Waals surface area contributed by atoms with Crippen LogP contribution in [0.2, 0.25) is 0 Å². The molecule has 9 nitrogen and oxygen atoms in total. The molecule has 2 aromatic carbocycles. The standard InChI is InChI=1S/C25H22N4O5/c1-14-8-10-15(11-9-14)19-12-17(16-6-4-5-7-18(16)27-19)24(32)34-13-20(30)21-22(26)28(2)25(33)29(3)23(21)31/h4-12H,13,26H2,1-3H3. The van der Waals surface area contributed by atoms with Gasteiger partial charge in [0.15, 0.2) is 6.61 Å². The molecule has 172 valence electrons. The molecule has 0 aliphatic rings. The summed E-state index contributed by atoms with van der Waals surface area (Å²) in [7, 11) is 2.58. The minimum atomic E-state index is -0.849. The van der Waals surface area contributed by atoms with Crippen LogP contribution in [-0.2, 0) is 18.8 Å². The second-order valence-corrected chi connectivity index (χ2v) is 7.90. The zero-order valence-corrected chi connectivity index (χ0v) is 18.9. The first-order valence-corrected chi connectivity index (χ1v) is 10.4. The number of nitrogens with two attached hydrogens (primary N) is 1. The van der Waals surface area contributed by atoms with Gasteiger partial charge in [-0.2, -0.15) is 0 Å². The molecule has 0 amide bonds. The van der Waals surface area contributed by atoms with E-state index < -0.39 is 35.2 Å². The Kier molecular flexibility index (Phi) is 5.85. The molecule has 0 saturated heterocycles. The normalized spacial score (nSPS) is 10.9. The molecule has 34 heavy (non-hydrogen) atoms. The second-order valence-electron chi connectivity index (χ2n) is 7.90. The third kappa shape index (κ3) is 3.99. The molecule has 2 N–H and O–H groups in total. The number of benzene rings is 2. The lowest BCUT2D eigenvalue weighted by atomic mass is 10.0. The Morgan fingerprint density at radius 2 is 1.68 bits per heavy atom. The fraction of sp³-hybridized carbons (Fsp3) is 0.160. The zero-order valence-electron chi connectivity index (χ0n) is 18.9. The van der Waals surface area contributed by atoms with Gasteiger partial charge in [0.25, 0.3) is 5.56 Å². The topological polar surface area (TPSA) is 126 Å². The quantitative estimate of drug-likeness (QED) is 0.359. The van der Waals surface area contributed by atoms with Gasteiger partial charge in [-0.3, -0.25) is 18.7 Å². The lowest BCUT2D eigenvalue weighted by molar-refractivity contribution is 0.0476. The highest BCUT2D eigenvalue weighted by Gasteiger charge is 2.23. The number of Topliss-reactive ketones (excluding diaryl/α,β-unsaturated/α-hetero) is 1. The van der Waals surface area contributed by atoms with Crippen LogP contribution in [0.1, 0.15) is 26.3 Å². The van der Waals surface area contributed by atoms with Crippen LogP contribution < -0.4 is 17.0 Å². The molecule has 0 unspecified atom stereocenters. The number of anilines is 1. The van der Waals surface area contributed by atoms with Gasteiger partial charge < -0.3 is 10.5 Å². The number of ketones is 1. The maximum atomic E-state index is 13.0. The summed E-state index contributed by atoms with van der Waals surface area (Å²) in [5, 5.41) is 0.563. The predicted octanol–water partition coefficient (Wildman–Crippen LogP) is 2.23. The summed E-state index contributed by atoms with van der Waals surface area (Å²) >= 11 is 0. The van der Waals surface area contributed by atoms with Crippen molar-refractivity contribution in [1.29, 1.82) is 0 Å². The minimum absolute atomic E-state index is 0.232. The van der Waals surface area contributed by atoms with E-state index in [1.54, 1.807) is 24.3 Å². The summed E-state index contributed by atoms with van der Waals surface area (Å²) in [5.74, 6) is -1.84. The smallest absolute Gasteiger partial charge is 0.339 e. The van der Waals surface area contributed by atoms with E-state index in [9.17, 15) is 19.2 Å². The third-order valence-corrected chi connectivity index (χ3v) is 5.61. The Labute approximate surface area is 194 Å². The van der Waals surface area contributed by atoms with E-state index in [0.717, 1.165) is 20.3 Å². The number of aromatic nitrogens is 3. The average Bonchev–Trinajstić information content (AvgIpc) is 2.84. The first-order valence-electron chi connectivity index (χ1n) is 10.4. The average molecular weight is 458 g/mol. The van der Waals surface area contributed by atoms with Crippen LogP contribution in [0.5, 0.6) is 0 Å². The van der Waals surface area contributed by atoms with Crippen molar-refractivity contribution in [3.8, 4) is 11.3 Å². The number of nitrogen functional groups attached to an aromatic ring is 1. The van der Waals surface area contributed by atoms with E-state index in [1.165, 1.54) is 14.1 Å². The summed E-state index contributed by atoms with van der Waals surface area (Å²) in [6.07, 6.45) is 0. The maximum Gasteiger partial charge on any atom is 0.339 e. The number of pyridine rings is 1. The number of hydrogen-bond acceptors (Lipinski definition) is 7. The molecule has 2 aromatic heterocycles. The fourth-order valence-corrected chi connectivity index (χ4v) is 3.62. The Balaban J connectivity index is 1.68. The predicted molar refractivity (Wildman–Crippen MR) is 128 cm³/mol. The zero-order chi connectivity index (χ0) is 24.6. The van der Waals surface area contributed by atoms with Crippen molar-refractivity contribution in [3.05, 3.63) is 92.1 Å². The van der Waals surface area contributed by atoms with Gasteiger partial charge in [-0.1, -0.05) is 48.0 Å². The van der Waals surface area contributed by atoms with Crippen molar-refractivity contribution in [1.82, 2.24) is 14.1 Å². The number of esters is 1. The molecule has 0 aliphatic carbocycles. The monoisotopic (exact) mass is 458 g/mol. The van der Waals surface area contributed by atoms with Gasteiger partial charge in [-0.25, -0.2) is 14.6 Å². The number of nitrogens with zero attached hydrogens (tertiary/aromatic N) is 3. The summed E-state index contributed by atoms with van der Waals surface area (Å²) in [5.41, 5.74) is 7.22. The van der Waals surface area contributed by atoms with Gasteiger partial charge in [-0.05, 0) is 19.1 Å². The number of para-hydroxylation sites is 1. The molecule has 0 spiro atoms. The molecule has 2 heterocycles. The number of ether oxygens (including phenoxy) is 1. The number of carbonyl (C=O) groups is 2. The van der Waals surface area contributed by atoms with Crippen LogP contribution in [0.4, 0.5) is 5.82 Å². The molecule has 0 saturated carbocycles. The molecule has 9 heteroatoms. The van der Waals surface area contributed by atoms with E-state index in [1.807, 2.05) is 37.3 Å². The lowest BCUT2D eigenvalue weighted by Gasteiger charge is -2.12. The highest BCUT2D eigenvalue weighted by molar-refractivity contribution is 6.06. The summed E-state index contributed by atoms with van der Waals surface area (Å²) in [6.45, 7) is 1.26. The van der Waals surface area contributed by atoms with Crippen LogP contribution in [0, 0.1) is 6.92 Å². The van der Waals surface area contributed by atoms with Gasteiger partial charge in [0.2, 0.25) is 5.78 Å². The van der Waals surface area contributed by atoms with Gasteiger partial charge in [0, 0.05) is 25.0 Å². The summed E-state index contributed by atoms with van der Waals surface area (Å²) in [6, 6.07) is 16.4. The first-order chi connectivity index (χ1) is 16.2. The molecule has 4 rings (SSSR count). The van der Waals surface area contributed by atoms with Crippen molar-refractivity contribution in [3.63, 3.8) is 0 Å². The number of aryl methyl sites for hydroxylation is 1. The second kappa shape index (κ2) is 8.78. The highest BCUT2D eigenvalue weighted by atomic mass is 16.5. The highest BCUT2D eigenvalue weighted by Crippen LogP contribution is 2.26. The van der Waals surface area contributed by atoms with Gasteiger partial charge in [0.1, 0.15) is 11.4 Å². The molecule has 0 atom stereocenters. The number of carbonyl (C=O) groups excluding carboxylic acids is 2. The molecular weight excluding hydrogens is 436 g/mol. The third-order valence-electron chi connectivity index (χ3n) is 5.61. The van der Waals surface area contributed by atoms with Crippen LogP contribution in [0.25, 0.3) is 22.2 Å². The van der Waals surface area contributed by atoms with Gasteiger partial charge >= 0.3 is 11.7 Å². The largest absolute Gasteiger partial charge is 0.454 e. The lowest BCUT2D eigenvalue weighted by Crippen LogP contribution is -2.42. The van der Waals surface area contributed by atoms with E-state index in [4.69, 9.17) is 10.5 Å².